The Morgan fingerprint density at radius 3 is 2.33 bits per heavy atom. The number of piperidine rings is 1. The second-order valence-electron chi connectivity index (χ2n) is 8.09. The van der Waals surface area contributed by atoms with Crippen molar-refractivity contribution in [1.29, 1.82) is 0 Å². The van der Waals surface area contributed by atoms with E-state index in [2.05, 4.69) is 48.3 Å². The zero-order valence-electron chi connectivity index (χ0n) is 18.0. The van der Waals surface area contributed by atoms with Crippen LogP contribution in [0.4, 0.5) is 5.69 Å². The summed E-state index contributed by atoms with van der Waals surface area (Å²) in [6.45, 7) is 7.38. The van der Waals surface area contributed by atoms with Crippen LogP contribution in [0.15, 0.2) is 48.5 Å². The lowest BCUT2D eigenvalue weighted by Crippen LogP contribution is -2.37. The smallest absolute Gasteiger partial charge is 0.338 e. The molecule has 1 heterocycles. The Hall–Kier alpha value is -2.66. The minimum Gasteiger partial charge on any atom is -0.462 e. The number of nitrogens with one attached hydrogen (secondary N) is 1. The lowest BCUT2D eigenvalue weighted by atomic mass is 9.95. The minimum absolute atomic E-state index is 0.0259. The normalized spacial score (nSPS) is 15.0. The van der Waals surface area contributed by atoms with Crippen molar-refractivity contribution in [2.45, 2.75) is 46.1 Å². The highest BCUT2D eigenvalue weighted by Gasteiger charge is 2.25. The summed E-state index contributed by atoms with van der Waals surface area (Å²) < 4.78 is 5.21. The molecule has 5 heteroatoms. The molecule has 0 atom stereocenters. The fraction of sp³-hybridized carbons (Fsp3) is 0.440. The predicted octanol–water partition coefficient (Wildman–Crippen LogP) is 4.80. The number of carbonyl (C=O) groups is 2. The van der Waals surface area contributed by atoms with Crippen LogP contribution < -0.4 is 5.32 Å². The second-order valence-corrected chi connectivity index (χ2v) is 8.09. The number of esters is 1. The molecule has 2 aromatic rings. The van der Waals surface area contributed by atoms with E-state index in [0.717, 1.165) is 45.3 Å². The quantitative estimate of drug-likeness (QED) is 0.503. The summed E-state index contributed by atoms with van der Waals surface area (Å²) in [5, 5.41) is 2.99. The summed E-state index contributed by atoms with van der Waals surface area (Å²) in [4.78, 5) is 27.0. The monoisotopic (exact) mass is 408 g/mol. The Bertz CT molecular complexity index is 822. The van der Waals surface area contributed by atoms with Crippen LogP contribution in [0.25, 0.3) is 0 Å². The van der Waals surface area contributed by atoms with Crippen LogP contribution in [0.1, 0.15) is 54.1 Å². The zero-order chi connectivity index (χ0) is 21.3. The van der Waals surface area contributed by atoms with Crippen molar-refractivity contribution in [3.63, 3.8) is 0 Å². The molecule has 0 aromatic heterocycles. The van der Waals surface area contributed by atoms with Gasteiger partial charge >= 0.3 is 5.97 Å². The number of amides is 1. The van der Waals surface area contributed by atoms with Gasteiger partial charge in [-0.25, -0.2) is 4.79 Å². The standard InChI is InChI=1S/C25H32N2O3/c1-3-4-17-30-25(29)22-9-11-23(12-10-22)26-24(28)21-13-15-27(16-14-21)18-20-7-5-19(2)6-8-20/h5-12,21H,3-4,13-18H2,1-2H3,(H,26,28). The molecule has 3 rings (SSSR count). The fourth-order valence-corrected chi connectivity index (χ4v) is 3.63. The first kappa shape index (κ1) is 22.0. The molecular weight excluding hydrogens is 376 g/mol. The Morgan fingerprint density at radius 2 is 1.70 bits per heavy atom. The van der Waals surface area contributed by atoms with Gasteiger partial charge in [0.1, 0.15) is 0 Å². The van der Waals surface area contributed by atoms with Gasteiger partial charge in [-0.3, -0.25) is 9.69 Å². The number of unbranched alkanes of at least 4 members (excludes halogenated alkanes) is 1. The van der Waals surface area contributed by atoms with Gasteiger partial charge in [-0.1, -0.05) is 43.2 Å². The zero-order valence-corrected chi connectivity index (χ0v) is 18.0. The number of ether oxygens (including phenoxy) is 1. The van der Waals surface area contributed by atoms with E-state index >= 15 is 0 Å². The van der Waals surface area contributed by atoms with Crippen LogP contribution in [-0.4, -0.2) is 36.5 Å². The van der Waals surface area contributed by atoms with E-state index in [9.17, 15) is 9.59 Å². The summed E-state index contributed by atoms with van der Waals surface area (Å²) in [5.74, 6) is -0.233. The first-order chi connectivity index (χ1) is 14.5. The van der Waals surface area contributed by atoms with Gasteiger partial charge in [0.2, 0.25) is 5.91 Å². The van der Waals surface area contributed by atoms with E-state index in [1.54, 1.807) is 24.3 Å². The van der Waals surface area contributed by atoms with Crippen LogP contribution in [0.5, 0.6) is 0 Å². The van der Waals surface area contributed by atoms with E-state index in [1.807, 2.05) is 0 Å². The number of anilines is 1. The Kier molecular flexibility index (Phi) is 8.03. The van der Waals surface area contributed by atoms with Crippen LogP contribution in [0.3, 0.4) is 0 Å². The predicted molar refractivity (Wildman–Crippen MR) is 119 cm³/mol. The van der Waals surface area contributed by atoms with Gasteiger partial charge < -0.3 is 10.1 Å². The summed E-state index contributed by atoms with van der Waals surface area (Å²) >= 11 is 0. The molecule has 1 fully saturated rings. The molecule has 0 spiro atoms. The first-order valence-electron chi connectivity index (χ1n) is 10.9. The maximum atomic E-state index is 12.6. The van der Waals surface area contributed by atoms with Crippen molar-refractivity contribution >= 4 is 17.6 Å². The van der Waals surface area contributed by atoms with Crippen molar-refractivity contribution < 1.29 is 14.3 Å². The van der Waals surface area contributed by atoms with E-state index in [4.69, 9.17) is 4.74 Å². The highest BCUT2D eigenvalue weighted by Crippen LogP contribution is 2.21. The average Bonchev–Trinajstić information content (AvgIpc) is 2.76. The SMILES string of the molecule is CCCCOC(=O)c1ccc(NC(=O)C2CCN(Cc3ccc(C)cc3)CC2)cc1. The molecule has 0 bridgehead atoms. The van der Waals surface area contributed by atoms with Crippen molar-refractivity contribution in [3.8, 4) is 0 Å². The van der Waals surface area contributed by atoms with Gasteiger partial charge in [-0.2, -0.15) is 0 Å². The highest BCUT2D eigenvalue weighted by molar-refractivity contribution is 5.94. The second kappa shape index (κ2) is 10.9. The van der Waals surface area contributed by atoms with E-state index in [-0.39, 0.29) is 17.8 Å². The Balaban J connectivity index is 1.44. The number of rotatable bonds is 8. The molecular formula is C25H32N2O3. The number of nitrogens with zero attached hydrogens (tertiary/aromatic N) is 1. The Labute approximate surface area is 179 Å². The molecule has 2 aromatic carbocycles. The molecule has 1 saturated heterocycles. The molecule has 160 valence electrons. The molecule has 0 saturated carbocycles. The summed E-state index contributed by atoms with van der Waals surface area (Å²) in [7, 11) is 0. The topological polar surface area (TPSA) is 58.6 Å². The van der Waals surface area contributed by atoms with Crippen molar-refractivity contribution in [1.82, 2.24) is 4.90 Å². The lowest BCUT2D eigenvalue weighted by Gasteiger charge is -2.31. The number of benzene rings is 2. The molecule has 1 N–H and O–H groups in total. The van der Waals surface area contributed by atoms with Gasteiger partial charge in [-0.15, -0.1) is 0 Å². The summed E-state index contributed by atoms with van der Waals surface area (Å²) in [5.41, 5.74) is 3.81. The largest absolute Gasteiger partial charge is 0.462 e. The van der Waals surface area contributed by atoms with Crippen molar-refractivity contribution in [3.05, 3.63) is 65.2 Å². The fourth-order valence-electron chi connectivity index (χ4n) is 3.63. The molecule has 1 amide bonds. The minimum atomic E-state index is -0.317. The van der Waals surface area contributed by atoms with Crippen molar-refractivity contribution in [2.24, 2.45) is 5.92 Å². The maximum absolute atomic E-state index is 12.6. The average molecular weight is 409 g/mol. The molecule has 0 radical (unpaired) electrons. The first-order valence-corrected chi connectivity index (χ1v) is 10.9. The van der Waals surface area contributed by atoms with Gasteiger partial charge in [-0.05, 0) is 69.1 Å². The molecule has 1 aliphatic heterocycles. The lowest BCUT2D eigenvalue weighted by molar-refractivity contribution is -0.121. The van der Waals surface area contributed by atoms with Crippen LogP contribution in [0, 0.1) is 12.8 Å². The molecule has 0 unspecified atom stereocenters. The van der Waals surface area contributed by atoms with Crippen LogP contribution in [-0.2, 0) is 16.1 Å². The molecule has 0 aliphatic carbocycles. The van der Waals surface area contributed by atoms with Crippen molar-refractivity contribution in [2.75, 3.05) is 25.0 Å². The highest BCUT2D eigenvalue weighted by atomic mass is 16.5. The summed E-state index contributed by atoms with van der Waals surface area (Å²) in [6.07, 6.45) is 3.58. The van der Waals surface area contributed by atoms with E-state index in [1.165, 1.54) is 11.1 Å². The third kappa shape index (κ3) is 6.42. The van der Waals surface area contributed by atoms with E-state index < -0.39 is 0 Å². The number of hydrogen-bond donors (Lipinski definition) is 1. The third-order valence-electron chi connectivity index (χ3n) is 5.60. The third-order valence-corrected chi connectivity index (χ3v) is 5.60. The molecule has 5 nitrogen and oxygen atoms in total. The van der Waals surface area contributed by atoms with Crippen LogP contribution in [0.2, 0.25) is 0 Å². The number of hydrogen-bond acceptors (Lipinski definition) is 4. The maximum Gasteiger partial charge on any atom is 0.338 e. The van der Waals surface area contributed by atoms with Gasteiger partial charge in [0, 0.05) is 18.2 Å². The number of likely N-dealkylation sites (tertiary alicyclic amines) is 1. The Morgan fingerprint density at radius 1 is 1.03 bits per heavy atom. The van der Waals surface area contributed by atoms with Gasteiger partial charge in [0.05, 0.1) is 12.2 Å². The van der Waals surface area contributed by atoms with Gasteiger partial charge in [0.15, 0.2) is 0 Å². The van der Waals surface area contributed by atoms with Crippen LogP contribution >= 0.6 is 0 Å². The number of aryl methyl sites for hydroxylation is 1. The number of carbonyl (C=O) groups excluding carboxylic acids is 2. The van der Waals surface area contributed by atoms with E-state index in [0.29, 0.717) is 17.9 Å². The summed E-state index contributed by atoms with van der Waals surface area (Å²) in [6, 6.07) is 15.6. The van der Waals surface area contributed by atoms with Gasteiger partial charge in [0.25, 0.3) is 0 Å². The molecule has 30 heavy (non-hydrogen) atoms. The molecule has 1 aliphatic rings.